The summed E-state index contributed by atoms with van der Waals surface area (Å²) in [5, 5.41) is 1.74. The van der Waals surface area contributed by atoms with Crippen LogP contribution in [0.1, 0.15) is 54.8 Å². The molecule has 0 saturated carbocycles. The van der Waals surface area contributed by atoms with Crippen molar-refractivity contribution in [1.29, 1.82) is 0 Å². The summed E-state index contributed by atoms with van der Waals surface area (Å²) in [6.07, 6.45) is 2.63. The van der Waals surface area contributed by atoms with Crippen LogP contribution in [0, 0.1) is 0 Å². The second-order valence-electron chi connectivity index (χ2n) is 8.01. The minimum Gasteiger partial charge on any atom is -0.453 e. The van der Waals surface area contributed by atoms with Gasteiger partial charge in [0.05, 0.1) is 0 Å². The largest absolute Gasteiger partial charge is 0.453 e. The van der Waals surface area contributed by atoms with E-state index in [1.54, 1.807) is 0 Å². The van der Waals surface area contributed by atoms with Gasteiger partial charge in [-0.1, -0.05) is 98.6 Å². The highest BCUT2D eigenvalue weighted by Crippen LogP contribution is 2.31. The number of hydrogen-bond donors (Lipinski definition) is 0. The number of hydrogen-bond acceptors (Lipinski definition) is 2. The second-order valence-corrected chi connectivity index (χ2v) is 8.45. The average Bonchev–Trinajstić information content (AvgIpc) is 3.17. The van der Waals surface area contributed by atoms with Crippen LogP contribution >= 0.6 is 11.6 Å². The Bertz CT molecular complexity index is 1190. The molecule has 0 aliphatic rings. The maximum atomic E-state index is 11.2. The van der Waals surface area contributed by atoms with Crippen molar-refractivity contribution in [2.24, 2.45) is 0 Å². The van der Waals surface area contributed by atoms with Crippen LogP contribution in [0.4, 0.5) is 0 Å². The van der Waals surface area contributed by atoms with E-state index in [1.807, 2.05) is 42.5 Å². The third-order valence-corrected chi connectivity index (χ3v) is 5.90. The highest BCUT2D eigenvalue weighted by atomic mass is 35.5. The molecule has 0 aliphatic carbocycles. The predicted octanol–water partition coefficient (Wildman–Crippen LogP) is 8.88. The lowest BCUT2D eigenvalue weighted by Gasteiger charge is -2.10. The number of carbonyl (C=O) groups is 1. The van der Waals surface area contributed by atoms with Crippen molar-refractivity contribution < 1.29 is 9.21 Å². The number of allylic oxidation sites excluding steroid dienone is 1. The van der Waals surface area contributed by atoms with Gasteiger partial charge < -0.3 is 4.42 Å². The van der Waals surface area contributed by atoms with E-state index in [0.717, 1.165) is 46.8 Å². The fourth-order valence-electron chi connectivity index (χ4n) is 3.62. The molecule has 0 saturated heterocycles. The third-order valence-electron chi connectivity index (χ3n) is 5.65. The Labute approximate surface area is 195 Å². The van der Waals surface area contributed by atoms with Gasteiger partial charge in [0.25, 0.3) is 0 Å². The molecule has 1 heterocycles. The van der Waals surface area contributed by atoms with E-state index >= 15 is 0 Å². The molecule has 0 bridgehead atoms. The van der Waals surface area contributed by atoms with Crippen LogP contribution < -0.4 is 0 Å². The molecule has 0 fully saturated rings. The van der Waals surface area contributed by atoms with Gasteiger partial charge in [0, 0.05) is 21.9 Å². The lowest BCUT2D eigenvalue weighted by Crippen LogP contribution is -1.92. The number of furan rings is 1. The standard InChI is InChI=1S/C18H15ClO2.C11H14/c1-2-3-15-16-9-6-13(10-17(16)21-18(15)11-20)12-4-7-14(19)8-5-12;1-9(2)10(3)11-7-5-4-6-8-11/h4-11H,2-3H2,1H3;4-8,10H,1H2,2-3H3. The van der Waals surface area contributed by atoms with Crippen molar-refractivity contribution in [2.45, 2.75) is 39.5 Å². The van der Waals surface area contributed by atoms with Gasteiger partial charge in [0.2, 0.25) is 0 Å². The second kappa shape index (κ2) is 11.0. The fraction of sp³-hybridized carbons (Fsp3) is 0.207. The maximum absolute atomic E-state index is 11.2. The van der Waals surface area contributed by atoms with Gasteiger partial charge in [-0.15, -0.1) is 0 Å². The van der Waals surface area contributed by atoms with Crippen LogP contribution in [0.3, 0.4) is 0 Å². The van der Waals surface area contributed by atoms with Crippen LogP contribution in [0.5, 0.6) is 0 Å². The van der Waals surface area contributed by atoms with Crippen LogP contribution in [0.2, 0.25) is 5.02 Å². The van der Waals surface area contributed by atoms with Crippen LogP contribution in [-0.2, 0) is 6.42 Å². The molecule has 1 aromatic heterocycles. The Kier molecular flexibility index (Phi) is 8.08. The number of rotatable bonds is 6. The van der Waals surface area contributed by atoms with Crippen molar-refractivity contribution in [2.75, 3.05) is 0 Å². The lowest BCUT2D eigenvalue weighted by molar-refractivity contribution is 0.110. The third kappa shape index (κ3) is 5.57. The Balaban J connectivity index is 0.000000222. The van der Waals surface area contributed by atoms with Gasteiger partial charge in [0.15, 0.2) is 12.0 Å². The maximum Gasteiger partial charge on any atom is 0.185 e. The van der Waals surface area contributed by atoms with E-state index in [1.165, 1.54) is 11.1 Å². The first-order valence-electron chi connectivity index (χ1n) is 10.9. The van der Waals surface area contributed by atoms with Crippen LogP contribution in [0.25, 0.3) is 22.1 Å². The van der Waals surface area contributed by atoms with Crippen LogP contribution in [-0.4, -0.2) is 6.29 Å². The molecule has 4 rings (SSSR count). The quantitative estimate of drug-likeness (QED) is 0.219. The Hall–Kier alpha value is -3.10. The minimum absolute atomic E-state index is 0.445. The lowest BCUT2D eigenvalue weighted by atomic mass is 9.95. The number of benzene rings is 3. The Morgan fingerprint density at radius 1 is 1.03 bits per heavy atom. The molecule has 4 aromatic rings. The number of aryl methyl sites for hydroxylation is 1. The number of halogens is 1. The Morgan fingerprint density at radius 2 is 1.69 bits per heavy atom. The van der Waals surface area contributed by atoms with Gasteiger partial charge in [-0.3, -0.25) is 4.79 Å². The summed E-state index contributed by atoms with van der Waals surface area (Å²) in [7, 11) is 0. The average molecular weight is 445 g/mol. The molecule has 1 atom stereocenters. The number of aldehydes is 1. The van der Waals surface area contributed by atoms with E-state index in [4.69, 9.17) is 16.0 Å². The molecule has 0 N–H and O–H groups in total. The monoisotopic (exact) mass is 444 g/mol. The molecule has 3 heteroatoms. The van der Waals surface area contributed by atoms with Gasteiger partial charge in [0.1, 0.15) is 5.58 Å². The Morgan fingerprint density at radius 3 is 2.28 bits per heavy atom. The first kappa shape index (κ1) is 23.6. The highest BCUT2D eigenvalue weighted by Gasteiger charge is 2.13. The fourth-order valence-corrected chi connectivity index (χ4v) is 3.75. The molecule has 0 amide bonds. The van der Waals surface area contributed by atoms with E-state index in [2.05, 4.69) is 57.7 Å². The zero-order chi connectivity index (χ0) is 23.1. The number of fused-ring (bicyclic) bond motifs is 1. The van der Waals surface area contributed by atoms with Gasteiger partial charge >= 0.3 is 0 Å². The highest BCUT2D eigenvalue weighted by molar-refractivity contribution is 6.30. The van der Waals surface area contributed by atoms with Crippen molar-refractivity contribution >= 4 is 28.9 Å². The summed E-state index contributed by atoms with van der Waals surface area (Å²) < 4.78 is 5.69. The normalized spacial score (nSPS) is 11.5. The van der Waals surface area contributed by atoms with Crippen LogP contribution in [0.15, 0.2) is 89.4 Å². The summed E-state index contributed by atoms with van der Waals surface area (Å²) in [6, 6.07) is 24.2. The molecular formula is C29H29ClO2. The van der Waals surface area contributed by atoms with E-state index in [0.29, 0.717) is 16.7 Å². The summed E-state index contributed by atoms with van der Waals surface area (Å²) in [4.78, 5) is 11.2. The molecule has 2 nitrogen and oxygen atoms in total. The summed E-state index contributed by atoms with van der Waals surface area (Å²) in [6.45, 7) is 10.3. The molecule has 0 aliphatic heterocycles. The molecule has 32 heavy (non-hydrogen) atoms. The molecule has 164 valence electrons. The molecule has 0 radical (unpaired) electrons. The molecule has 3 aromatic carbocycles. The summed E-state index contributed by atoms with van der Waals surface area (Å²) >= 11 is 5.91. The van der Waals surface area contributed by atoms with E-state index in [-0.39, 0.29) is 0 Å². The first-order chi connectivity index (χ1) is 15.4. The molecular weight excluding hydrogens is 416 g/mol. The summed E-state index contributed by atoms with van der Waals surface area (Å²) in [5.41, 5.74) is 6.45. The van der Waals surface area contributed by atoms with Crippen molar-refractivity contribution in [3.8, 4) is 11.1 Å². The van der Waals surface area contributed by atoms with Gasteiger partial charge in [-0.05, 0) is 48.2 Å². The first-order valence-corrected chi connectivity index (χ1v) is 11.3. The predicted molar refractivity (Wildman–Crippen MR) is 136 cm³/mol. The smallest absolute Gasteiger partial charge is 0.185 e. The zero-order valence-corrected chi connectivity index (χ0v) is 19.7. The van der Waals surface area contributed by atoms with Crippen molar-refractivity contribution in [3.63, 3.8) is 0 Å². The van der Waals surface area contributed by atoms with E-state index in [9.17, 15) is 4.79 Å². The molecule has 1 unspecified atom stereocenters. The van der Waals surface area contributed by atoms with E-state index < -0.39 is 0 Å². The minimum atomic E-state index is 0.445. The van der Waals surface area contributed by atoms with Crippen molar-refractivity contribution in [1.82, 2.24) is 0 Å². The summed E-state index contributed by atoms with van der Waals surface area (Å²) in [5.74, 6) is 0.927. The van der Waals surface area contributed by atoms with Gasteiger partial charge in [-0.2, -0.15) is 0 Å². The number of carbonyl (C=O) groups excluding carboxylic acids is 1. The zero-order valence-electron chi connectivity index (χ0n) is 18.9. The van der Waals surface area contributed by atoms with Crippen molar-refractivity contribution in [3.05, 3.63) is 107 Å². The SMILES string of the molecule is C=C(C)C(C)c1ccccc1.CCCc1c(C=O)oc2cc(-c3ccc(Cl)cc3)ccc12. The topological polar surface area (TPSA) is 30.2 Å². The molecule has 0 spiro atoms. The van der Waals surface area contributed by atoms with Gasteiger partial charge in [-0.25, -0.2) is 0 Å².